The summed E-state index contributed by atoms with van der Waals surface area (Å²) in [4.78, 5) is 10.6. The van der Waals surface area contributed by atoms with E-state index >= 15 is 0 Å². The van der Waals surface area contributed by atoms with Crippen LogP contribution in [0.4, 0.5) is 10.1 Å². The Balaban J connectivity index is 2.44. The van der Waals surface area contributed by atoms with Gasteiger partial charge in [-0.2, -0.15) is 0 Å². The molecule has 0 atom stereocenters. The first-order chi connectivity index (χ1) is 9.92. The zero-order valence-electron chi connectivity index (χ0n) is 11.5. The van der Waals surface area contributed by atoms with Gasteiger partial charge in [-0.05, 0) is 43.7 Å². The minimum atomic E-state index is -0.447. The van der Waals surface area contributed by atoms with Crippen molar-refractivity contribution < 1.29 is 14.1 Å². The van der Waals surface area contributed by atoms with E-state index in [-0.39, 0.29) is 11.5 Å². The summed E-state index contributed by atoms with van der Waals surface area (Å²) in [5.41, 5.74) is 1.99. The van der Waals surface area contributed by atoms with Gasteiger partial charge in [-0.25, -0.2) is 4.39 Å². The third-order valence-electron chi connectivity index (χ3n) is 3.08. The molecule has 0 aromatic heterocycles. The first kappa shape index (κ1) is 15.4. The van der Waals surface area contributed by atoms with Crippen molar-refractivity contribution in [1.82, 2.24) is 0 Å². The van der Waals surface area contributed by atoms with Crippen molar-refractivity contribution in [2.75, 3.05) is 0 Å². The largest absolute Gasteiger partial charge is 0.457 e. The average molecular weight is 354 g/mol. The molecule has 0 aliphatic rings. The van der Waals surface area contributed by atoms with E-state index in [4.69, 9.17) is 4.74 Å². The van der Waals surface area contributed by atoms with Crippen molar-refractivity contribution in [3.8, 4) is 11.5 Å². The Kier molecular flexibility index (Phi) is 4.57. The maximum atomic E-state index is 13.2. The fraction of sp³-hybridized carbons (Fsp3) is 0.200. The number of nitro benzene ring substituents is 1. The van der Waals surface area contributed by atoms with Crippen molar-refractivity contribution in [2.45, 2.75) is 19.2 Å². The van der Waals surface area contributed by atoms with Crippen LogP contribution in [0.25, 0.3) is 0 Å². The van der Waals surface area contributed by atoms with Crippen LogP contribution in [-0.4, -0.2) is 4.92 Å². The maximum absolute atomic E-state index is 13.2. The molecule has 110 valence electrons. The summed E-state index contributed by atoms with van der Waals surface area (Å²) in [6.07, 6.45) is 0. The fourth-order valence-corrected chi connectivity index (χ4v) is 2.44. The van der Waals surface area contributed by atoms with Gasteiger partial charge in [0, 0.05) is 16.5 Å². The molecule has 0 radical (unpaired) electrons. The van der Waals surface area contributed by atoms with Gasteiger partial charge in [0.05, 0.1) is 11.0 Å². The lowest BCUT2D eigenvalue weighted by Crippen LogP contribution is -1.97. The SMILES string of the molecule is Cc1cc(C)c([N+](=O)[O-])cc1Oc1ccc(F)cc1CBr. The van der Waals surface area contributed by atoms with Crippen LogP contribution >= 0.6 is 15.9 Å². The van der Waals surface area contributed by atoms with Gasteiger partial charge in [0.2, 0.25) is 0 Å². The van der Waals surface area contributed by atoms with Crippen LogP contribution in [0.5, 0.6) is 11.5 Å². The second-order valence-corrected chi connectivity index (χ2v) is 5.21. The molecule has 0 amide bonds. The van der Waals surface area contributed by atoms with Gasteiger partial charge in [-0.1, -0.05) is 15.9 Å². The van der Waals surface area contributed by atoms with E-state index in [0.29, 0.717) is 28.0 Å². The molecule has 0 bridgehead atoms. The van der Waals surface area contributed by atoms with Crippen LogP contribution in [0, 0.1) is 29.8 Å². The highest BCUT2D eigenvalue weighted by atomic mass is 79.9. The molecule has 2 aromatic carbocycles. The fourth-order valence-electron chi connectivity index (χ4n) is 2.00. The highest BCUT2D eigenvalue weighted by molar-refractivity contribution is 9.08. The summed E-state index contributed by atoms with van der Waals surface area (Å²) in [7, 11) is 0. The summed E-state index contributed by atoms with van der Waals surface area (Å²) in [6, 6.07) is 7.26. The molecule has 0 aliphatic carbocycles. The molecule has 21 heavy (non-hydrogen) atoms. The molecule has 0 aliphatic heterocycles. The Labute approximate surface area is 129 Å². The van der Waals surface area contributed by atoms with Gasteiger partial charge in [0.15, 0.2) is 0 Å². The van der Waals surface area contributed by atoms with Gasteiger partial charge >= 0.3 is 0 Å². The minimum absolute atomic E-state index is 0.00176. The molecule has 2 aromatic rings. The predicted molar refractivity (Wildman–Crippen MR) is 81.7 cm³/mol. The second kappa shape index (κ2) is 6.22. The van der Waals surface area contributed by atoms with Crippen molar-refractivity contribution in [3.63, 3.8) is 0 Å². The maximum Gasteiger partial charge on any atom is 0.276 e. The molecule has 6 heteroatoms. The van der Waals surface area contributed by atoms with Gasteiger partial charge in [0.25, 0.3) is 5.69 Å². The summed E-state index contributed by atoms with van der Waals surface area (Å²) in [5.74, 6) is 0.499. The Morgan fingerprint density at radius 2 is 1.90 bits per heavy atom. The van der Waals surface area contributed by atoms with E-state index in [2.05, 4.69) is 15.9 Å². The molecule has 0 spiro atoms. The van der Waals surface area contributed by atoms with Crippen LogP contribution < -0.4 is 4.74 Å². The van der Waals surface area contributed by atoms with Gasteiger partial charge in [-0.3, -0.25) is 10.1 Å². The molecule has 0 heterocycles. The third-order valence-corrected chi connectivity index (χ3v) is 3.68. The van der Waals surface area contributed by atoms with Crippen molar-refractivity contribution in [1.29, 1.82) is 0 Å². The van der Waals surface area contributed by atoms with Crippen molar-refractivity contribution in [3.05, 3.63) is 63.0 Å². The Morgan fingerprint density at radius 3 is 2.52 bits per heavy atom. The zero-order valence-corrected chi connectivity index (χ0v) is 13.1. The van der Waals surface area contributed by atoms with Crippen LogP contribution in [0.3, 0.4) is 0 Å². The molecule has 0 unspecified atom stereocenters. The Bertz CT molecular complexity index is 704. The summed E-state index contributed by atoms with van der Waals surface area (Å²) in [6.45, 7) is 3.49. The zero-order chi connectivity index (χ0) is 15.6. The molecule has 4 nitrogen and oxygen atoms in total. The number of ether oxygens (including phenoxy) is 1. The number of alkyl halides is 1. The predicted octanol–water partition coefficient (Wildman–Crippen LogP) is 5.04. The highest BCUT2D eigenvalue weighted by Crippen LogP contribution is 2.33. The smallest absolute Gasteiger partial charge is 0.276 e. The number of benzene rings is 2. The first-order valence-electron chi connectivity index (χ1n) is 6.20. The monoisotopic (exact) mass is 353 g/mol. The Morgan fingerprint density at radius 1 is 1.19 bits per heavy atom. The lowest BCUT2D eigenvalue weighted by Gasteiger charge is -2.12. The van der Waals surface area contributed by atoms with Crippen molar-refractivity contribution >= 4 is 21.6 Å². The molecular weight excluding hydrogens is 341 g/mol. The van der Waals surface area contributed by atoms with Gasteiger partial charge in [0.1, 0.15) is 17.3 Å². The van der Waals surface area contributed by atoms with E-state index in [1.807, 2.05) is 6.92 Å². The highest BCUT2D eigenvalue weighted by Gasteiger charge is 2.16. The summed E-state index contributed by atoms with van der Waals surface area (Å²) >= 11 is 3.27. The lowest BCUT2D eigenvalue weighted by atomic mass is 10.1. The number of hydrogen-bond acceptors (Lipinski definition) is 3. The molecule has 0 saturated heterocycles. The molecule has 2 rings (SSSR count). The van der Waals surface area contributed by atoms with E-state index in [1.54, 1.807) is 13.0 Å². The molecular formula is C15H13BrFNO3. The molecule has 0 N–H and O–H groups in total. The normalized spacial score (nSPS) is 10.5. The number of aryl methyl sites for hydroxylation is 2. The van der Waals surface area contributed by atoms with Gasteiger partial charge < -0.3 is 4.74 Å². The third kappa shape index (κ3) is 3.39. The quantitative estimate of drug-likeness (QED) is 0.439. The standard InChI is InChI=1S/C15H13BrFNO3/c1-9-5-10(2)15(7-13(9)18(19)20)21-14-4-3-12(17)6-11(14)8-16/h3-7H,8H2,1-2H3. The number of hydrogen-bond donors (Lipinski definition) is 0. The van der Waals surface area contributed by atoms with E-state index in [1.165, 1.54) is 24.3 Å². The number of rotatable bonds is 4. The van der Waals surface area contributed by atoms with E-state index < -0.39 is 4.92 Å². The Hall–Kier alpha value is -1.95. The summed E-state index contributed by atoms with van der Waals surface area (Å²) in [5, 5.41) is 11.4. The number of halogens is 2. The van der Waals surface area contributed by atoms with Crippen LogP contribution in [-0.2, 0) is 5.33 Å². The van der Waals surface area contributed by atoms with Gasteiger partial charge in [-0.15, -0.1) is 0 Å². The van der Waals surface area contributed by atoms with E-state index in [0.717, 1.165) is 5.56 Å². The van der Waals surface area contributed by atoms with Crippen LogP contribution in [0.1, 0.15) is 16.7 Å². The number of nitro groups is 1. The molecule has 0 fully saturated rings. The lowest BCUT2D eigenvalue weighted by molar-refractivity contribution is -0.385. The van der Waals surface area contributed by atoms with Crippen molar-refractivity contribution in [2.24, 2.45) is 0 Å². The van der Waals surface area contributed by atoms with E-state index in [9.17, 15) is 14.5 Å². The van der Waals surface area contributed by atoms with Crippen LogP contribution in [0.15, 0.2) is 30.3 Å². The number of nitrogens with zero attached hydrogens (tertiary/aromatic N) is 1. The van der Waals surface area contributed by atoms with Crippen LogP contribution in [0.2, 0.25) is 0 Å². The second-order valence-electron chi connectivity index (χ2n) is 4.65. The summed E-state index contributed by atoms with van der Waals surface area (Å²) < 4.78 is 18.9. The molecule has 0 saturated carbocycles. The average Bonchev–Trinajstić information content (AvgIpc) is 2.42. The topological polar surface area (TPSA) is 52.4 Å². The first-order valence-corrected chi connectivity index (χ1v) is 7.32. The minimum Gasteiger partial charge on any atom is -0.457 e.